The van der Waals surface area contributed by atoms with Crippen molar-refractivity contribution >= 4 is 5.91 Å². The maximum atomic E-state index is 12.1. The van der Waals surface area contributed by atoms with Gasteiger partial charge in [-0.1, -0.05) is 43.2 Å². The first-order chi connectivity index (χ1) is 13.3. The van der Waals surface area contributed by atoms with E-state index in [9.17, 15) is 4.79 Å². The Morgan fingerprint density at radius 2 is 2.00 bits per heavy atom. The lowest BCUT2D eigenvalue weighted by Crippen LogP contribution is -2.27. The van der Waals surface area contributed by atoms with Crippen molar-refractivity contribution in [3.05, 3.63) is 47.7 Å². The Bertz CT molecular complexity index is 940. The van der Waals surface area contributed by atoms with Crippen LogP contribution in [0, 0.1) is 0 Å². The summed E-state index contributed by atoms with van der Waals surface area (Å²) in [4.78, 5) is 16.5. The molecule has 2 aromatic heterocycles. The first kappa shape index (κ1) is 19.6. The van der Waals surface area contributed by atoms with Gasteiger partial charge in [-0.3, -0.25) is 4.79 Å². The number of benzene rings is 1. The second-order valence-electron chi connectivity index (χ2n) is 7.46. The quantitative estimate of drug-likeness (QED) is 0.668. The number of aromatic nitrogens is 3. The molecule has 0 atom stereocenters. The predicted octanol–water partition coefficient (Wildman–Crippen LogP) is 2.93. The summed E-state index contributed by atoms with van der Waals surface area (Å²) < 4.78 is 15.8. The lowest BCUT2D eigenvalue weighted by atomic mass is 9.97. The number of amides is 1. The molecular formula is C20H24N4O4. The first-order valence-electron chi connectivity index (χ1n) is 9.05. The summed E-state index contributed by atoms with van der Waals surface area (Å²) in [7, 11) is 1.60. The van der Waals surface area contributed by atoms with Gasteiger partial charge in [0.1, 0.15) is 5.75 Å². The Hall–Kier alpha value is -3.16. The van der Waals surface area contributed by atoms with Crippen LogP contribution in [-0.4, -0.2) is 34.9 Å². The molecule has 8 nitrogen and oxygen atoms in total. The van der Waals surface area contributed by atoms with Gasteiger partial charge < -0.3 is 19.1 Å². The van der Waals surface area contributed by atoms with Gasteiger partial charge in [0.05, 0.1) is 19.2 Å². The third kappa shape index (κ3) is 4.97. The van der Waals surface area contributed by atoms with Gasteiger partial charge in [-0.05, 0) is 12.1 Å². The summed E-state index contributed by atoms with van der Waals surface area (Å²) in [5.74, 6) is 2.32. The average molecular weight is 384 g/mol. The van der Waals surface area contributed by atoms with Crippen LogP contribution in [0.2, 0.25) is 0 Å². The zero-order valence-corrected chi connectivity index (χ0v) is 16.5. The first-order valence-corrected chi connectivity index (χ1v) is 9.05. The average Bonchev–Trinajstić information content (AvgIpc) is 3.31. The fourth-order valence-electron chi connectivity index (χ4n) is 2.51. The van der Waals surface area contributed by atoms with Crippen LogP contribution in [0.5, 0.6) is 5.75 Å². The lowest BCUT2D eigenvalue weighted by Gasteiger charge is -2.10. The molecule has 2 heterocycles. The molecule has 1 aromatic carbocycles. The Balaban J connectivity index is 1.50. The smallest absolute Gasteiger partial charge is 0.232 e. The molecule has 3 rings (SSSR count). The van der Waals surface area contributed by atoms with Crippen molar-refractivity contribution in [3.63, 3.8) is 0 Å². The minimum atomic E-state index is -0.193. The highest BCUT2D eigenvalue weighted by Gasteiger charge is 2.21. The van der Waals surface area contributed by atoms with E-state index in [1.165, 1.54) is 0 Å². The van der Waals surface area contributed by atoms with Crippen LogP contribution in [0.3, 0.4) is 0 Å². The van der Waals surface area contributed by atoms with Gasteiger partial charge in [0.15, 0.2) is 11.6 Å². The third-order valence-corrected chi connectivity index (χ3v) is 4.04. The summed E-state index contributed by atoms with van der Waals surface area (Å²) in [5, 5.41) is 10.7. The van der Waals surface area contributed by atoms with Crippen molar-refractivity contribution in [2.75, 3.05) is 13.7 Å². The number of carbonyl (C=O) groups excluding carboxylic acids is 1. The van der Waals surface area contributed by atoms with Crippen LogP contribution >= 0.6 is 0 Å². The van der Waals surface area contributed by atoms with Gasteiger partial charge in [-0.2, -0.15) is 4.98 Å². The summed E-state index contributed by atoms with van der Waals surface area (Å²) in [6, 6.07) is 9.21. The van der Waals surface area contributed by atoms with Crippen LogP contribution in [-0.2, 0) is 23.1 Å². The molecule has 0 aliphatic heterocycles. The van der Waals surface area contributed by atoms with E-state index in [1.54, 1.807) is 13.2 Å². The number of carbonyl (C=O) groups is 1. The number of hydrogen-bond acceptors (Lipinski definition) is 7. The highest BCUT2D eigenvalue weighted by atomic mass is 16.5. The van der Waals surface area contributed by atoms with Gasteiger partial charge >= 0.3 is 0 Å². The van der Waals surface area contributed by atoms with Gasteiger partial charge in [-0.15, -0.1) is 0 Å². The van der Waals surface area contributed by atoms with E-state index in [0.29, 0.717) is 36.1 Å². The van der Waals surface area contributed by atoms with Crippen LogP contribution in [0.4, 0.5) is 0 Å². The molecule has 28 heavy (non-hydrogen) atoms. The molecule has 148 valence electrons. The monoisotopic (exact) mass is 384 g/mol. The second kappa shape index (κ2) is 8.24. The molecule has 1 amide bonds. The number of nitrogens with one attached hydrogen (secondary N) is 1. The number of nitrogens with zero attached hydrogens (tertiary/aromatic N) is 3. The van der Waals surface area contributed by atoms with E-state index >= 15 is 0 Å². The topological polar surface area (TPSA) is 103 Å². The van der Waals surface area contributed by atoms with Crippen LogP contribution in [0.15, 0.2) is 39.4 Å². The maximum absolute atomic E-state index is 12.1. The lowest BCUT2D eigenvalue weighted by molar-refractivity contribution is -0.120. The highest BCUT2D eigenvalue weighted by Crippen LogP contribution is 2.24. The highest BCUT2D eigenvalue weighted by molar-refractivity contribution is 5.78. The van der Waals surface area contributed by atoms with Crippen LogP contribution in [0.25, 0.3) is 11.3 Å². The number of methoxy groups -OCH3 is 1. The number of hydrogen-bond donors (Lipinski definition) is 1. The standard InChI is InChI=1S/C20H24N4O4/c1-20(2,3)19-22-17(24-28-19)8-9-21-18(25)12-14-11-16(27-23-14)13-6-5-7-15(10-13)26-4/h5-7,10-11H,8-9,12H2,1-4H3,(H,21,25). The van der Waals surface area contributed by atoms with Crippen molar-refractivity contribution in [2.24, 2.45) is 0 Å². The van der Waals surface area contributed by atoms with Crippen molar-refractivity contribution in [3.8, 4) is 17.1 Å². The Morgan fingerprint density at radius 3 is 2.71 bits per heavy atom. The normalized spacial score (nSPS) is 11.4. The molecule has 0 radical (unpaired) electrons. The summed E-state index contributed by atoms with van der Waals surface area (Å²) in [5.41, 5.74) is 1.21. The fraction of sp³-hybridized carbons (Fsp3) is 0.400. The molecule has 0 aliphatic carbocycles. The van der Waals surface area contributed by atoms with Crippen LogP contribution in [0.1, 0.15) is 38.2 Å². The Labute approximate surface area is 163 Å². The molecule has 0 aliphatic rings. The second-order valence-corrected chi connectivity index (χ2v) is 7.46. The molecule has 3 aromatic rings. The molecule has 0 fully saturated rings. The zero-order valence-electron chi connectivity index (χ0n) is 16.5. The molecule has 8 heteroatoms. The van der Waals surface area contributed by atoms with Gasteiger partial charge in [0, 0.05) is 30.0 Å². The number of rotatable bonds is 7. The van der Waals surface area contributed by atoms with Gasteiger partial charge in [0.25, 0.3) is 0 Å². The molecule has 0 bridgehead atoms. The van der Waals surface area contributed by atoms with Gasteiger partial charge in [-0.25, -0.2) is 0 Å². The minimum absolute atomic E-state index is 0.132. The number of ether oxygens (including phenoxy) is 1. The molecule has 1 N–H and O–H groups in total. The Kier molecular flexibility index (Phi) is 5.77. The summed E-state index contributed by atoms with van der Waals surface area (Å²) in [6.45, 7) is 6.43. The minimum Gasteiger partial charge on any atom is -0.497 e. The molecular weight excluding hydrogens is 360 g/mol. The van der Waals surface area contributed by atoms with Crippen molar-refractivity contribution in [1.29, 1.82) is 0 Å². The van der Waals surface area contributed by atoms with E-state index < -0.39 is 0 Å². The van der Waals surface area contributed by atoms with E-state index in [2.05, 4.69) is 20.6 Å². The van der Waals surface area contributed by atoms with E-state index in [0.717, 1.165) is 11.3 Å². The molecule has 0 unspecified atom stereocenters. The van der Waals surface area contributed by atoms with E-state index in [4.69, 9.17) is 13.8 Å². The molecule has 0 saturated carbocycles. The molecule has 0 spiro atoms. The van der Waals surface area contributed by atoms with Gasteiger partial charge in [0.2, 0.25) is 11.8 Å². The fourth-order valence-corrected chi connectivity index (χ4v) is 2.51. The maximum Gasteiger partial charge on any atom is 0.232 e. The van der Waals surface area contributed by atoms with Crippen LogP contribution < -0.4 is 10.1 Å². The Morgan fingerprint density at radius 1 is 1.18 bits per heavy atom. The van der Waals surface area contributed by atoms with E-state index in [-0.39, 0.29) is 17.7 Å². The SMILES string of the molecule is COc1cccc(-c2cc(CC(=O)NCCc3noc(C(C)(C)C)n3)no2)c1. The van der Waals surface area contributed by atoms with Crippen molar-refractivity contribution < 1.29 is 18.6 Å². The third-order valence-electron chi connectivity index (χ3n) is 4.04. The predicted molar refractivity (Wildman–Crippen MR) is 102 cm³/mol. The summed E-state index contributed by atoms with van der Waals surface area (Å²) >= 11 is 0. The van der Waals surface area contributed by atoms with E-state index in [1.807, 2.05) is 45.0 Å². The van der Waals surface area contributed by atoms with Crippen molar-refractivity contribution in [1.82, 2.24) is 20.6 Å². The summed E-state index contributed by atoms with van der Waals surface area (Å²) in [6.07, 6.45) is 0.631. The molecule has 0 saturated heterocycles. The van der Waals surface area contributed by atoms with Crippen molar-refractivity contribution in [2.45, 2.75) is 39.0 Å². The largest absolute Gasteiger partial charge is 0.497 e. The zero-order chi connectivity index (χ0) is 20.1.